The lowest BCUT2D eigenvalue weighted by atomic mass is 9.81. The molecule has 8 nitrogen and oxygen atoms in total. The van der Waals surface area contributed by atoms with Crippen molar-refractivity contribution >= 4 is 27.5 Å². The highest BCUT2D eigenvalue weighted by Crippen LogP contribution is 2.34. The van der Waals surface area contributed by atoms with Gasteiger partial charge in [0, 0.05) is 44.2 Å². The van der Waals surface area contributed by atoms with E-state index < -0.39 is 10.0 Å². The Hall–Kier alpha value is -1.97. The fraction of sp³-hybridized carbons (Fsp3) is 0.652. The molecule has 1 saturated heterocycles. The van der Waals surface area contributed by atoms with Gasteiger partial charge in [-0.3, -0.25) is 9.59 Å². The maximum absolute atomic E-state index is 12.9. The molecule has 4 rings (SSSR count). The van der Waals surface area contributed by atoms with Crippen LogP contribution in [0.1, 0.15) is 45.1 Å². The number of carbonyl (C=O) groups excluding carboxylic acids is 2. The van der Waals surface area contributed by atoms with Crippen LogP contribution in [0.25, 0.3) is 0 Å². The van der Waals surface area contributed by atoms with Crippen molar-refractivity contribution in [3.05, 3.63) is 23.8 Å². The van der Waals surface area contributed by atoms with Gasteiger partial charge in [0.15, 0.2) is 0 Å². The van der Waals surface area contributed by atoms with Crippen molar-refractivity contribution in [2.45, 2.75) is 56.9 Å². The molecule has 1 atom stereocenters. The van der Waals surface area contributed by atoms with Gasteiger partial charge in [-0.25, -0.2) is 13.1 Å². The Morgan fingerprint density at radius 1 is 1.12 bits per heavy atom. The monoisotopic (exact) mass is 463 g/mol. The summed E-state index contributed by atoms with van der Waals surface area (Å²) in [5.74, 6) is 0.469. The maximum atomic E-state index is 12.9. The van der Waals surface area contributed by atoms with Gasteiger partial charge in [0.2, 0.25) is 21.8 Å². The number of hydrogen-bond donors (Lipinski definition) is 1. The number of sulfonamides is 1. The smallest absolute Gasteiger partial charge is 0.240 e. The molecule has 2 aliphatic heterocycles. The predicted molar refractivity (Wildman–Crippen MR) is 121 cm³/mol. The number of hydrogen-bond acceptors (Lipinski definition) is 5. The van der Waals surface area contributed by atoms with Gasteiger partial charge >= 0.3 is 0 Å². The van der Waals surface area contributed by atoms with E-state index in [1.54, 1.807) is 23.1 Å². The summed E-state index contributed by atoms with van der Waals surface area (Å²) in [5, 5.41) is 0. The largest absolute Gasteiger partial charge is 0.378 e. The molecule has 9 heteroatoms. The van der Waals surface area contributed by atoms with E-state index in [0.29, 0.717) is 39.3 Å². The summed E-state index contributed by atoms with van der Waals surface area (Å²) in [6.07, 6.45) is 3.96. The molecule has 3 aliphatic rings. The van der Waals surface area contributed by atoms with E-state index in [1.165, 1.54) is 6.92 Å². The molecule has 0 aromatic heterocycles. The van der Waals surface area contributed by atoms with Crippen LogP contribution in [0.3, 0.4) is 0 Å². The summed E-state index contributed by atoms with van der Waals surface area (Å²) >= 11 is 0. The van der Waals surface area contributed by atoms with Crippen LogP contribution in [0.15, 0.2) is 23.1 Å². The molecular weight excluding hydrogens is 430 g/mol. The highest BCUT2D eigenvalue weighted by Gasteiger charge is 2.32. The molecule has 1 aromatic rings. The molecule has 1 aliphatic carbocycles. The van der Waals surface area contributed by atoms with E-state index in [4.69, 9.17) is 4.74 Å². The fourth-order valence-corrected chi connectivity index (χ4v) is 6.39. The fourth-order valence-electron chi connectivity index (χ4n) is 5.22. The molecule has 2 heterocycles. The summed E-state index contributed by atoms with van der Waals surface area (Å²) in [6.45, 7) is 6.43. The molecule has 2 amide bonds. The van der Waals surface area contributed by atoms with Crippen LogP contribution >= 0.6 is 0 Å². The highest BCUT2D eigenvalue weighted by atomic mass is 32.2. The van der Waals surface area contributed by atoms with Gasteiger partial charge in [0.1, 0.15) is 0 Å². The van der Waals surface area contributed by atoms with Crippen molar-refractivity contribution in [3.63, 3.8) is 0 Å². The summed E-state index contributed by atoms with van der Waals surface area (Å²) in [4.78, 5) is 28.4. The molecule has 0 bridgehead atoms. The lowest BCUT2D eigenvalue weighted by molar-refractivity contribution is -0.141. The Labute approximate surface area is 190 Å². The summed E-state index contributed by atoms with van der Waals surface area (Å²) in [7, 11) is -3.63. The van der Waals surface area contributed by atoms with Crippen LogP contribution in [-0.2, 0) is 30.8 Å². The van der Waals surface area contributed by atoms with E-state index in [0.717, 1.165) is 36.9 Å². The van der Waals surface area contributed by atoms with Crippen molar-refractivity contribution in [1.82, 2.24) is 9.62 Å². The van der Waals surface area contributed by atoms with E-state index >= 15 is 0 Å². The molecule has 0 radical (unpaired) electrons. The number of nitrogens with zero attached hydrogens (tertiary/aromatic N) is 2. The second-order valence-electron chi connectivity index (χ2n) is 9.24. The minimum atomic E-state index is -3.63. The highest BCUT2D eigenvalue weighted by molar-refractivity contribution is 7.89. The van der Waals surface area contributed by atoms with E-state index in [1.807, 2.05) is 11.8 Å². The average Bonchev–Trinajstić information content (AvgIpc) is 3.13. The lowest BCUT2D eigenvalue weighted by Crippen LogP contribution is -2.44. The molecule has 2 fully saturated rings. The Morgan fingerprint density at radius 3 is 2.47 bits per heavy atom. The van der Waals surface area contributed by atoms with Crippen LogP contribution < -0.4 is 9.62 Å². The molecule has 1 N–H and O–H groups in total. The van der Waals surface area contributed by atoms with Gasteiger partial charge in [0.05, 0.1) is 18.1 Å². The molecule has 176 valence electrons. The number of ether oxygens (including phenoxy) is 1. The Kier molecular flexibility index (Phi) is 6.88. The first-order valence-corrected chi connectivity index (χ1v) is 13.0. The third-order valence-electron chi connectivity index (χ3n) is 7.00. The summed E-state index contributed by atoms with van der Waals surface area (Å²) in [6, 6.07) is 5.03. The van der Waals surface area contributed by atoms with Crippen LogP contribution in [0.5, 0.6) is 0 Å². The quantitative estimate of drug-likeness (QED) is 0.720. The number of amides is 2. The molecular formula is C23H33N3O5S. The zero-order chi connectivity index (χ0) is 22.9. The molecule has 1 unspecified atom stereocenters. The first-order chi connectivity index (χ1) is 15.3. The van der Waals surface area contributed by atoms with Crippen LogP contribution in [0, 0.1) is 11.8 Å². The van der Waals surface area contributed by atoms with Gasteiger partial charge in [-0.15, -0.1) is 0 Å². The molecule has 32 heavy (non-hydrogen) atoms. The van der Waals surface area contributed by atoms with E-state index in [2.05, 4.69) is 4.72 Å². The number of fused-ring (bicyclic) bond motifs is 1. The summed E-state index contributed by atoms with van der Waals surface area (Å²) < 4.78 is 33.9. The van der Waals surface area contributed by atoms with Crippen molar-refractivity contribution < 1.29 is 22.7 Å². The normalized spacial score (nSPS) is 26.1. The van der Waals surface area contributed by atoms with Gasteiger partial charge in [-0.2, -0.15) is 0 Å². The zero-order valence-electron chi connectivity index (χ0n) is 18.9. The molecule has 1 aromatic carbocycles. The number of carbonyl (C=O) groups is 2. The average molecular weight is 464 g/mol. The molecule has 1 saturated carbocycles. The number of rotatable bonds is 5. The van der Waals surface area contributed by atoms with Gasteiger partial charge in [-0.05, 0) is 68.7 Å². The van der Waals surface area contributed by atoms with Crippen LogP contribution in [0.2, 0.25) is 0 Å². The lowest BCUT2D eigenvalue weighted by Gasteiger charge is -2.34. The number of benzene rings is 1. The van der Waals surface area contributed by atoms with E-state index in [-0.39, 0.29) is 34.6 Å². The minimum absolute atomic E-state index is 0.0313. The zero-order valence-corrected chi connectivity index (χ0v) is 19.7. The third-order valence-corrected chi connectivity index (χ3v) is 8.42. The number of morpholine rings is 1. The Bertz CT molecular complexity index is 966. The standard InChI is InChI=1S/C23H33N3O5S/c1-16-13-20-14-21(7-8-22(20)26(16)17(2)27)32(29,30)24-15-18-3-5-19(6-4-18)23(28)25-9-11-31-12-10-25/h7-8,14,16,18-19,24H,3-6,9-13,15H2,1-2H3. The van der Waals surface area contributed by atoms with Crippen molar-refractivity contribution in [2.24, 2.45) is 11.8 Å². The second-order valence-corrected chi connectivity index (χ2v) is 11.0. The van der Waals surface area contributed by atoms with Crippen molar-refractivity contribution in [3.8, 4) is 0 Å². The first-order valence-electron chi connectivity index (χ1n) is 11.5. The minimum Gasteiger partial charge on any atom is -0.378 e. The topological polar surface area (TPSA) is 96.0 Å². The third kappa shape index (κ3) is 4.84. The maximum Gasteiger partial charge on any atom is 0.240 e. The van der Waals surface area contributed by atoms with E-state index in [9.17, 15) is 18.0 Å². The van der Waals surface area contributed by atoms with Gasteiger partial charge < -0.3 is 14.5 Å². The second kappa shape index (κ2) is 9.49. The van der Waals surface area contributed by atoms with Crippen LogP contribution in [0.4, 0.5) is 5.69 Å². The molecule has 0 spiro atoms. The van der Waals surface area contributed by atoms with Crippen LogP contribution in [-0.4, -0.2) is 64.0 Å². The SMILES string of the molecule is CC(=O)N1c2ccc(S(=O)(=O)NCC3CCC(C(=O)N4CCOCC4)CC3)cc2CC1C. The van der Waals surface area contributed by atoms with Gasteiger partial charge in [0.25, 0.3) is 0 Å². The number of nitrogens with one attached hydrogen (secondary N) is 1. The van der Waals surface area contributed by atoms with Gasteiger partial charge in [-0.1, -0.05) is 0 Å². The summed E-state index contributed by atoms with van der Waals surface area (Å²) in [5.41, 5.74) is 1.69. The predicted octanol–water partition coefficient (Wildman–Crippen LogP) is 1.93. The number of anilines is 1. The van der Waals surface area contributed by atoms with Crippen molar-refractivity contribution in [2.75, 3.05) is 37.7 Å². The first kappa shape index (κ1) is 23.2. The van der Waals surface area contributed by atoms with Crippen molar-refractivity contribution in [1.29, 1.82) is 0 Å². The Balaban J connectivity index is 1.31. The Morgan fingerprint density at radius 2 is 1.81 bits per heavy atom.